The van der Waals surface area contributed by atoms with Gasteiger partial charge in [0, 0.05) is 54.7 Å². The summed E-state index contributed by atoms with van der Waals surface area (Å²) in [7, 11) is 0. The minimum absolute atomic E-state index is 0.542. The van der Waals surface area contributed by atoms with E-state index in [2.05, 4.69) is 215 Å². The molecule has 4 aromatic heterocycles. The molecule has 0 spiro atoms. The summed E-state index contributed by atoms with van der Waals surface area (Å²) in [5, 5.41) is 9.13. The second-order valence-electron chi connectivity index (χ2n) is 17.2. The molecule has 0 saturated carbocycles. The zero-order valence-corrected chi connectivity index (χ0v) is 36.0. The summed E-state index contributed by atoms with van der Waals surface area (Å²) in [6.45, 7) is 0. The Morgan fingerprint density at radius 2 is 0.836 bits per heavy atom. The van der Waals surface area contributed by atoms with Crippen LogP contribution in [0.15, 0.2) is 229 Å². The molecule has 10 aromatic carbocycles. The van der Waals surface area contributed by atoms with Gasteiger partial charge in [-0.25, -0.2) is 15.0 Å². The van der Waals surface area contributed by atoms with Crippen molar-refractivity contribution in [2.45, 2.75) is 0 Å². The van der Waals surface area contributed by atoms with Gasteiger partial charge in [-0.3, -0.25) is 0 Å². The summed E-state index contributed by atoms with van der Waals surface area (Å²) in [6.07, 6.45) is 0. The van der Waals surface area contributed by atoms with Crippen molar-refractivity contribution in [3.8, 4) is 56.7 Å². The van der Waals surface area contributed by atoms with Gasteiger partial charge < -0.3 is 13.6 Å². The van der Waals surface area contributed by atoms with Crippen LogP contribution in [0.3, 0.4) is 0 Å². The zero-order chi connectivity index (χ0) is 44.0. The third-order valence-corrected chi connectivity index (χ3v) is 13.3. The lowest BCUT2D eigenvalue weighted by molar-refractivity contribution is 0.669. The van der Waals surface area contributed by atoms with Gasteiger partial charge in [-0.1, -0.05) is 164 Å². The highest BCUT2D eigenvalue weighted by atomic mass is 16.3. The molecule has 14 aromatic rings. The first-order valence-electron chi connectivity index (χ1n) is 22.6. The van der Waals surface area contributed by atoms with Crippen molar-refractivity contribution in [3.05, 3.63) is 224 Å². The fourth-order valence-electron chi connectivity index (χ4n) is 10.2. The Labute approximate surface area is 384 Å². The van der Waals surface area contributed by atoms with Crippen LogP contribution >= 0.6 is 0 Å². The molecule has 14 rings (SSSR count). The topological polar surface area (TPSA) is 61.7 Å². The van der Waals surface area contributed by atoms with Crippen molar-refractivity contribution in [1.82, 2.24) is 24.1 Å². The Bertz CT molecular complexity index is 4260. The van der Waals surface area contributed by atoms with Crippen molar-refractivity contribution >= 4 is 76.3 Å². The standard InChI is InChI=1S/C61H37N5O/c1-3-15-38(16-4-1)39-27-29-40(30-28-39)59-62-60(43-31-32-47-45-21-9-12-24-52(45)65(54(47)35-43)44-19-5-2-6-20-44)64-61(63-59)51-37-58-50(48-23-11-14-26-57(48)67-58)36-56(51)66-53-25-13-10-22-46(53)49-33-41-17-7-8-18-42(41)34-55(49)66/h1-37H. The lowest BCUT2D eigenvalue weighted by Crippen LogP contribution is -2.04. The number of nitrogens with zero attached hydrogens (tertiary/aromatic N) is 5. The highest BCUT2D eigenvalue weighted by molar-refractivity contribution is 6.15. The van der Waals surface area contributed by atoms with Gasteiger partial charge in [0.2, 0.25) is 0 Å². The van der Waals surface area contributed by atoms with Crippen LogP contribution in [0.2, 0.25) is 0 Å². The Hall–Kier alpha value is -9.13. The Morgan fingerprint density at radius 3 is 1.61 bits per heavy atom. The number of aromatic nitrogens is 5. The molecule has 0 saturated heterocycles. The van der Waals surface area contributed by atoms with Crippen molar-refractivity contribution in [2.75, 3.05) is 0 Å². The van der Waals surface area contributed by atoms with Crippen molar-refractivity contribution in [3.63, 3.8) is 0 Å². The number of fused-ring (bicyclic) bond motifs is 10. The summed E-state index contributed by atoms with van der Waals surface area (Å²) in [5.41, 5.74) is 12.9. The second-order valence-corrected chi connectivity index (χ2v) is 17.2. The molecule has 67 heavy (non-hydrogen) atoms. The van der Waals surface area contributed by atoms with Crippen LogP contribution in [0.4, 0.5) is 0 Å². The van der Waals surface area contributed by atoms with E-state index in [1.807, 2.05) is 18.2 Å². The third kappa shape index (κ3) is 5.93. The lowest BCUT2D eigenvalue weighted by Gasteiger charge is -2.15. The lowest BCUT2D eigenvalue weighted by atomic mass is 10.0. The fraction of sp³-hybridized carbons (Fsp3) is 0. The average Bonchev–Trinajstić information content (AvgIpc) is 4.04. The molecule has 6 heteroatoms. The predicted molar refractivity (Wildman–Crippen MR) is 275 cm³/mol. The van der Waals surface area contributed by atoms with E-state index in [-0.39, 0.29) is 0 Å². The Balaban J connectivity index is 1.06. The van der Waals surface area contributed by atoms with E-state index in [9.17, 15) is 0 Å². The van der Waals surface area contributed by atoms with E-state index in [0.29, 0.717) is 17.5 Å². The van der Waals surface area contributed by atoms with Gasteiger partial charge >= 0.3 is 0 Å². The smallest absolute Gasteiger partial charge is 0.166 e. The third-order valence-electron chi connectivity index (χ3n) is 13.3. The summed E-state index contributed by atoms with van der Waals surface area (Å²) in [6, 6.07) is 79.2. The highest BCUT2D eigenvalue weighted by Gasteiger charge is 2.23. The van der Waals surface area contributed by atoms with Crippen LogP contribution < -0.4 is 0 Å². The van der Waals surface area contributed by atoms with Gasteiger partial charge in [-0.15, -0.1) is 0 Å². The maximum absolute atomic E-state index is 6.65. The molecule has 0 atom stereocenters. The van der Waals surface area contributed by atoms with Crippen molar-refractivity contribution < 1.29 is 4.42 Å². The molecule has 0 aliphatic heterocycles. The summed E-state index contributed by atoms with van der Waals surface area (Å²) >= 11 is 0. The first kappa shape index (κ1) is 37.3. The van der Waals surface area contributed by atoms with Crippen LogP contribution in [0.25, 0.3) is 133 Å². The molecular weight excluding hydrogens is 819 g/mol. The molecule has 0 bridgehead atoms. The molecule has 0 fully saturated rings. The van der Waals surface area contributed by atoms with Crippen molar-refractivity contribution in [2.24, 2.45) is 0 Å². The zero-order valence-electron chi connectivity index (χ0n) is 36.0. The van der Waals surface area contributed by atoms with Crippen LogP contribution in [0, 0.1) is 0 Å². The summed E-state index contributed by atoms with van der Waals surface area (Å²) < 4.78 is 11.4. The quantitative estimate of drug-likeness (QED) is 0.167. The maximum Gasteiger partial charge on any atom is 0.166 e. The molecule has 0 amide bonds. The van der Waals surface area contributed by atoms with Gasteiger partial charge in [-0.2, -0.15) is 0 Å². The highest BCUT2D eigenvalue weighted by Crippen LogP contribution is 2.42. The van der Waals surface area contributed by atoms with Crippen LogP contribution in [0.1, 0.15) is 0 Å². The van der Waals surface area contributed by atoms with Crippen molar-refractivity contribution in [1.29, 1.82) is 0 Å². The molecule has 0 aliphatic carbocycles. The van der Waals surface area contributed by atoms with Crippen LogP contribution in [-0.2, 0) is 0 Å². The number of benzene rings is 10. The summed E-state index contributed by atoms with van der Waals surface area (Å²) in [4.78, 5) is 16.2. The summed E-state index contributed by atoms with van der Waals surface area (Å²) in [5.74, 6) is 1.69. The molecule has 0 aliphatic rings. The van der Waals surface area contributed by atoms with E-state index in [0.717, 1.165) is 88.6 Å². The largest absolute Gasteiger partial charge is 0.456 e. The normalized spacial score (nSPS) is 11.9. The molecule has 6 nitrogen and oxygen atoms in total. The molecule has 0 unspecified atom stereocenters. The van der Waals surface area contributed by atoms with E-state index >= 15 is 0 Å². The first-order valence-corrected chi connectivity index (χ1v) is 22.6. The van der Waals surface area contributed by atoms with Gasteiger partial charge in [0.15, 0.2) is 17.5 Å². The number of hydrogen-bond donors (Lipinski definition) is 0. The van der Waals surface area contributed by atoms with Gasteiger partial charge in [0.1, 0.15) is 11.2 Å². The number of furan rings is 1. The second kappa shape index (κ2) is 14.7. The molecule has 4 heterocycles. The van der Waals surface area contributed by atoms with E-state index in [4.69, 9.17) is 19.4 Å². The predicted octanol–water partition coefficient (Wildman–Crippen LogP) is 15.8. The Morgan fingerprint density at radius 1 is 0.299 bits per heavy atom. The number of para-hydroxylation sites is 4. The van der Waals surface area contributed by atoms with Crippen LogP contribution in [-0.4, -0.2) is 24.1 Å². The maximum atomic E-state index is 6.65. The van der Waals surface area contributed by atoms with Crippen LogP contribution in [0.5, 0.6) is 0 Å². The SMILES string of the molecule is c1ccc(-c2ccc(-c3nc(-c4ccc5c6ccccc6n(-c6ccccc6)c5c4)nc(-c4cc5oc6ccccc6c5cc4-n4c5ccccc5c5cc6ccccc6cc54)n3)cc2)cc1. The average molecular weight is 856 g/mol. The molecular formula is C61H37N5O. The van der Waals surface area contributed by atoms with Gasteiger partial charge in [0.25, 0.3) is 0 Å². The number of rotatable bonds is 6. The Kier molecular flexibility index (Phi) is 8.18. The minimum Gasteiger partial charge on any atom is -0.456 e. The van der Waals surface area contributed by atoms with Gasteiger partial charge in [0.05, 0.1) is 27.8 Å². The van der Waals surface area contributed by atoms with E-state index < -0.39 is 0 Å². The molecule has 0 radical (unpaired) electrons. The minimum atomic E-state index is 0.542. The monoisotopic (exact) mass is 855 g/mol. The fourth-order valence-corrected chi connectivity index (χ4v) is 10.2. The molecule has 312 valence electrons. The van der Waals surface area contributed by atoms with E-state index in [1.165, 1.54) is 26.9 Å². The van der Waals surface area contributed by atoms with Gasteiger partial charge in [-0.05, 0) is 82.6 Å². The first-order chi connectivity index (χ1) is 33.2. The van der Waals surface area contributed by atoms with E-state index in [1.54, 1.807) is 0 Å². The number of hydrogen-bond acceptors (Lipinski definition) is 4. The molecule has 0 N–H and O–H groups in total.